The summed E-state index contributed by atoms with van der Waals surface area (Å²) in [5.74, 6) is 0. The SMILES string of the molecule is N#Cc1ccc2oc3ccc(-c4cc(-c5ccccc5C#N)cc(-n5c6ccccc6c6c7oc8ccccc8c7ccc65)c4)cc3c2c1. The van der Waals surface area contributed by atoms with Gasteiger partial charge in [-0.3, -0.25) is 0 Å². The van der Waals surface area contributed by atoms with Crippen LogP contribution in [0.3, 0.4) is 0 Å². The molecule has 0 fully saturated rings. The van der Waals surface area contributed by atoms with Crippen molar-refractivity contribution in [3.05, 3.63) is 151 Å². The minimum Gasteiger partial charge on any atom is -0.456 e. The Hall–Kier alpha value is -7.08. The Morgan fingerprint density at radius 3 is 2.08 bits per heavy atom. The number of para-hydroxylation sites is 2. The van der Waals surface area contributed by atoms with E-state index in [9.17, 15) is 10.5 Å². The van der Waals surface area contributed by atoms with Gasteiger partial charge < -0.3 is 13.4 Å². The third-order valence-electron chi connectivity index (χ3n) is 9.65. The molecule has 0 atom stereocenters. The maximum Gasteiger partial charge on any atom is 0.145 e. The third-order valence-corrected chi connectivity index (χ3v) is 9.65. The van der Waals surface area contributed by atoms with Gasteiger partial charge in [-0.15, -0.1) is 0 Å². The van der Waals surface area contributed by atoms with Gasteiger partial charge in [0.05, 0.1) is 39.7 Å². The Bertz CT molecular complexity index is 3090. The zero-order valence-corrected chi connectivity index (χ0v) is 25.9. The summed E-state index contributed by atoms with van der Waals surface area (Å²) in [5, 5.41) is 25.9. The van der Waals surface area contributed by atoms with Crippen molar-refractivity contribution in [3.63, 3.8) is 0 Å². The molecule has 0 spiro atoms. The average molecular weight is 626 g/mol. The van der Waals surface area contributed by atoms with Crippen LogP contribution in [0.2, 0.25) is 0 Å². The van der Waals surface area contributed by atoms with Crippen LogP contribution in [0.25, 0.3) is 93.6 Å². The topological polar surface area (TPSA) is 78.8 Å². The molecule has 0 radical (unpaired) electrons. The van der Waals surface area contributed by atoms with E-state index in [0.29, 0.717) is 11.1 Å². The van der Waals surface area contributed by atoms with E-state index in [4.69, 9.17) is 8.83 Å². The van der Waals surface area contributed by atoms with Gasteiger partial charge in [0, 0.05) is 32.6 Å². The second-order valence-electron chi connectivity index (χ2n) is 12.3. The fourth-order valence-electron chi connectivity index (χ4n) is 7.43. The number of hydrogen-bond donors (Lipinski definition) is 0. The zero-order valence-electron chi connectivity index (χ0n) is 25.9. The molecule has 3 aromatic heterocycles. The Kier molecular flexibility index (Phi) is 5.64. The summed E-state index contributed by atoms with van der Waals surface area (Å²) < 4.78 is 15.0. The Labute approximate surface area is 279 Å². The van der Waals surface area contributed by atoms with Gasteiger partial charge in [0.1, 0.15) is 22.3 Å². The molecular weight excluding hydrogens is 603 g/mol. The van der Waals surface area contributed by atoms with Crippen LogP contribution in [0.5, 0.6) is 0 Å². The summed E-state index contributed by atoms with van der Waals surface area (Å²) in [7, 11) is 0. The van der Waals surface area contributed by atoms with Crippen molar-refractivity contribution in [2.75, 3.05) is 0 Å². The highest BCUT2D eigenvalue weighted by Gasteiger charge is 2.20. The van der Waals surface area contributed by atoms with Crippen molar-refractivity contribution < 1.29 is 8.83 Å². The highest BCUT2D eigenvalue weighted by Crippen LogP contribution is 2.42. The van der Waals surface area contributed by atoms with Gasteiger partial charge >= 0.3 is 0 Å². The van der Waals surface area contributed by atoms with E-state index in [-0.39, 0.29) is 0 Å². The molecule has 0 aliphatic rings. The molecule has 0 unspecified atom stereocenters. The number of furan rings is 2. The molecule has 10 rings (SSSR count). The van der Waals surface area contributed by atoms with E-state index >= 15 is 0 Å². The predicted molar refractivity (Wildman–Crippen MR) is 196 cm³/mol. The molecule has 5 heteroatoms. The maximum absolute atomic E-state index is 10.1. The lowest BCUT2D eigenvalue weighted by Gasteiger charge is -2.15. The van der Waals surface area contributed by atoms with E-state index in [0.717, 1.165) is 93.6 Å². The molecule has 0 aliphatic carbocycles. The van der Waals surface area contributed by atoms with Crippen LogP contribution in [-0.4, -0.2) is 4.57 Å². The van der Waals surface area contributed by atoms with Gasteiger partial charge in [-0.1, -0.05) is 60.7 Å². The van der Waals surface area contributed by atoms with Crippen molar-refractivity contribution in [2.24, 2.45) is 0 Å². The predicted octanol–water partition coefficient (Wildman–Crippen LogP) is 11.7. The lowest BCUT2D eigenvalue weighted by Crippen LogP contribution is -1.96. The summed E-state index contributed by atoms with van der Waals surface area (Å²) in [5.41, 5.74) is 11.3. The lowest BCUT2D eigenvalue weighted by atomic mass is 9.94. The highest BCUT2D eigenvalue weighted by molar-refractivity contribution is 6.24. The molecule has 10 aromatic rings. The second-order valence-corrected chi connectivity index (χ2v) is 12.3. The van der Waals surface area contributed by atoms with Gasteiger partial charge in [0.2, 0.25) is 0 Å². The normalized spacial score (nSPS) is 11.6. The van der Waals surface area contributed by atoms with Crippen LogP contribution in [0.4, 0.5) is 0 Å². The van der Waals surface area contributed by atoms with Crippen LogP contribution < -0.4 is 0 Å². The van der Waals surface area contributed by atoms with Gasteiger partial charge in [-0.2, -0.15) is 10.5 Å². The molecule has 0 bridgehead atoms. The van der Waals surface area contributed by atoms with Crippen LogP contribution in [-0.2, 0) is 0 Å². The Balaban J connectivity index is 1.29. The quantitative estimate of drug-likeness (QED) is 0.196. The molecule has 0 saturated carbocycles. The van der Waals surface area contributed by atoms with Crippen molar-refractivity contribution in [1.29, 1.82) is 10.5 Å². The minimum atomic E-state index is 0.586. The molecule has 5 nitrogen and oxygen atoms in total. The summed E-state index contributed by atoms with van der Waals surface area (Å²) in [6.45, 7) is 0. The summed E-state index contributed by atoms with van der Waals surface area (Å²) in [4.78, 5) is 0. The Morgan fingerprint density at radius 1 is 0.469 bits per heavy atom. The molecule has 226 valence electrons. The average Bonchev–Trinajstić information content (AvgIpc) is 3.83. The van der Waals surface area contributed by atoms with Crippen molar-refractivity contribution >= 4 is 65.7 Å². The van der Waals surface area contributed by atoms with Gasteiger partial charge in [-0.25, -0.2) is 0 Å². The summed E-state index contributed by atoms with van der Waals surface area (Å²) in [6, 6.07) is 51.5. The summed E-state index contributed by atoms with van der Waals surface area (Å²) in [6.07, 6.45) is 0. The standard InChI is InChI=1S/C44H23N3O2/c45-24-26-13-17-41-36(19-26)37-23-27(14-18-42(37)48-41)29-20-30(32-8-2-1-7-28(32)25-46)22-31(21-29)47-38-11-5-3-10-35(38)43-39(47)16-15-34-33-9-4-6-12-40(33)49-44(34)43/h1-23H. The van der Waals surface area contributed by atoms with Crippen LogP contribution in [0.1, 0.15) is 11.1 Å². The highest BCUT2D eigenvalue weighted by atomic mass is 16.3. The first kappa shape index (κ1) is 27.1. The first-order valence-electron chi connectivity index (χ1n) is 16.0. The summed E-state index contributed by atoms with van der Waals surface area (Å²) >= 11 is 0. The van der Waals surface area contributed by atoms with E-state index in [1.807, 2.05) is 60.7 Å². The monoisotopic (exact) mass is 625 g/mol. The van der Waals surface area contributed by atoms with Gasteiger partial charge in [0.15, 0.2) is 0 Å². The van der Waals surface area contributed by atoms with E-state index in [1.165, 1.54) is 0 Å². The van der Waals surface area contributed by atoms with E-state index in [2.05, 4.69) is 89.5 Å². The minimum absolute atomic E-state index is 0.586. The molecule has 49 heavy (non-hydrogen) atoms. The van der Waals surface area contributed by atoms with Gasteiger partial charge in [0.25, 0.3) is 0 Å². The maximum atomic E-state index is 10.1. The van der Waals surface area contributed by atoms with Crippen LogP contribution in [0.15, 0.2) is 148 Å². The number of nitriles is 2. The van der Waals surface area contributed by atoms with E-state index in [1.54, 1.807) is 6.07 Å². The molecule has 0 amide bonds. The number of fused-ring (bicyclic) bond motifs is 10. The first-order chi connectivity index (χ1) is 24.2. The largest absolute Gasteiger partial charge is 0.456 e. The fourth-order valence-corrected chi connectivity index (χ4v) is 7.43. The molecule has 0 N–H and O–H groups in total. The number of aromatic nitrogens is 1. The first-order valence-corrected chi connectivity index (χ1v) is 16.0. The molecule has 0 aliphatic heterocycles. The lowest BCUT2D eigenvalue weighted by molar-refractivity contribution is 0.669. The number of nitrogens with zero attached hydrogens (tertiary/aromatic N) is 3. The smallest absolute Gasteiger partial charge is 0.145 e. The molecule has 7 aromatic carbocycles. The number of benzene rings is 7. The molecular formula is C44H23N3O2. The fraction of sp³-hybridized carbons (Fsp3) is 0. The van der Waals surface area contributed by atoms with Crippen LogP contribution in [0, 0.1) is 22.7 Å². The second kappa shape index (κ2) is 10.2. The molecule has 0 saturated heterocycles. The number of hydrogen-bond acceptors (Lipinski definition) is 4. The number of rotatable bonds is 3. The van der Waals surface area contributed by atoms with Crippen LogP contribution >= 0.6 is 0 Å². The van der Waals surface area contributed by atoms with Crippen molar-refractivity contribution in [1.82, 2.24) is 4.57 Å². The van der Waals surface area contributed by atoms with E-state index < -0.39 is 0 Å². The van der Waals surface area contributed by atoms with Crippen molar-refractivity contribution in [2.45, 2.75) is 0 Å². The third kappa shape index (κ3) is 3.97. The van der Waals surface area contributed by atoms with Crippen molar-refractivity contribution in [3.8, 4) is 40.1 Å². The molecule has 3 heterocycles. The van der Waals surface area contributed by atoms with Gasteiger partial charge in [-0.05, 0) is 101 Å². The zero-order chi connectivity index (χ0) is 32.6. The Morgan fingerprint density at radius 2 is 1.20 bits per heavy atom.